The van der Waals surface area contributed by atoms with Crippen molar-refractivity contribution in [2.24, 2.45) is 10.2 Å². The van der Waals surface area contributed by atoms with Crippen molar-refractivity contribution in [3.63, 3.8) is 0 Å². The number of hydrogen-bond acceptors (Lipinski definition) is 4. The summed E-state index contributed by atoms with van der Waals surface area (Å²) in [4.78, 5) is 0. The molecule has 0 unspecified atom stereocenters. The van der Waals surface area contributed by atoms with Gasteiger partial charge in [-0.25, -0.2) is 0 Å². The second-order valence-corrected chi connectivity index (χ2v) is 3.50. The molecule has 1 aromatic rings. The summed E-state index contributed by atoms with van der Waals surface area (Å²) in [6, 6.07) is 10.0. The first kappa shape index (κ1) is 8.31. The number of azo groups is 1. The molecule has 2 rings (SSSR count). The number of rotatable bonds is 2. The molecule has 0 spiro atoms. The van der Waals surface area contributed by atoms with Crippen molar-refractivity contribution in [2.45, 2.75) is 0 Å². The molecule has 0 aromatic heterocycles. The van der Waals surface area contributed by atoms with Crippen LogP contribution in [0.2, 0.25) is 0 Å². The quantitative estimate of drug-likeness (QED) is 0.780. The molecule has 4 heteroatoms. The number of benzene rings is 1. The van der Waals surface area contributed by atoms with Crippen LogP contribution < -0.4 is 5.32 Å². The molecule has 1 aliphatic rings. The van der Waals surface area contributed by atoms with Gasteiger partial charge in [0.25, 0.3) is 0 Å². The molecular formula is C9H9N3S. The van der Waals surface area contributed by atoms with Crippen LogP contribution in [0.1, 0.15) is 0 Å². The van der Waals surface area contributed by atoms with Crippen LogP contribution in [0.4, 0.5) is 5.69 Å². The average Bonchev–Trinajstić information content (AvgIpc) is 2.21. The predicted molar refractivity (Wildman–Crippen MR) is 55.5 cm³/mol. The van der Waals surface area contributed by atoms with Crippen LogP contribution in [0.15, 0.2) is 51.8 Å². The van der Waals surface area contributed by atoms with Crippen LogP contribution in [-0.4, -0.2) is 5.88 Å². The van der Waals surface area contributed by atoms with Gasteiger partial charge in [-0.1, -0.05) is 30.0 Å². The minimum atomic E-state index is 0.700. The second-order valence-electron chi connectivity index (χ2n) is 2.51. The monoisotopic (exact) mass is 191 g/mol. The van der Waals surface area contributed by atoms with Gasteiger partial charge in [0.2, 0.25) is 0 Å². The highest BCUT2D eigenvalue weighted by molar-refractivity contribution is 8.03. The maximum absolute atomic E-state index is 3.84. The van der Waals surface area contributed by atoms with Gasteiger partial charge in [0.05, 0.1) is 11.2 Å². The summed E-state index contributed by atoms with van der Waals surface area (Å²) in [6.45, 7) is 0. The fourth-order valence-corrected chi connectivity index (χ4v) is 1.57. The summed E-state index contributed by atoms with van der Waals surface area (Å²) in [5.41, 5.74) is 1.08. The molecule has 0 aliphatic carbocycles. The van der Waals surface area contributed by atoms with Gasteiger partial charge in [-0.15, -0.1) is 0 Å². The van der Waals surface area contributed by atoms with Crippen molar-refractivity contribution >= 4 is 17.4 Å². The van der Waals surface area contributed by atoms with E-state index in [1.54, 1.807) is 18.0 Å². The topological polar surface area (TPSA) is 36.8 Å². The molecular weight excluding hydrogens is 182 g/mol. The van der Waals surface area contributed by atoms with Crippen LogP contribution in [0, 0.1) is 0 Å². The summed E-state index contributed by atoms with van der Waals surface area (Å²) in [5.74, 6) is 0.700. The summed E-state index contributed by atoms with van der Waals surface area (Å²) < 4.78 is 0. The van der Waals surface area contributed by atoms with E-state index >= 15 is 0 Å². The zero-order chi connectivity index (χ0) is 8.93. The Balaban J connectivity index is 2.06. The molecule has 0 radical (unpaired) electrons. The van der Waals surface area contributed by atoms with E-state index in [1.165, 1.54) is 0 Å². The van der Waals surface area contributed by atoms with Gasteiger partial charge >= 0.3 is 0 Å². The Bertz CT molecular complexity index is 332. The van der Waals surface area contributed by atoms with Gasteiger partial charge < -0.3 is 5.32 Å². The van der Waals surface area contributed by atoms with Crippen molar-refractivity contribution in [3.8, 4) is 0 Å². The highest BCUT2D eigenvalue weighted by atomic mass is 32.2. The largest absolute Gasteiger partial charge is 0.349 e. The van der Waals surface area contributed by atoms with E-state index in [1.807, 2.05) is 30.3 Å². The minimum absolute atomic E-state index is 0.700. The Morgan fingerprint density at radius 1 is 1.23 bits per heavy atom. The lowest BCUT2D eigenvalue weighted by Crippen LogP contribution is -1.97. The molecule has 3 nitrogen and oxygen atoms in total. The zero-order valence-corrected chi connectivity index (χ0v) is 7.79. The zero-order valence-electron chi connectivity index (χ0n) is 6.97. The minimum Gasteiger partial charge on any atom is -0.349 e. The van der Waals surface area contributed by atoms with Gasteiger partial charge in [-0.3, -0.25) is 0 Å². The highest BCUT2D eigenvalue weighted by Crippen LogP contribution is 2.22. The van der Waals surface area contributed by atoms with Crippen LogP contribution in [0.25, 0.3) is 0 Å². The van der Waals surface area contributed by atoms with E-state index in [0.717, 1.165) is 10.7 Å². The Morgan fingerprint density at radius 2 is 2.08 bits per heavy atom. The molecule has 0 saturated carbocycles. The molecule has 1 heterocycles. The van der Waals surface area contributed by atoms with Crippen LogP contribution >= 0.6 is 11.8 Å². The van der Waals surface area contributed by atoms with Gasteiger partial charge in [0.1, 0.15) is 5.88 Å². The van der Waals surface area contributed by atoms with E-state index in [4.69, 9.17) is 0 Å². The molecule has 0 bridgehead atoms. The normalized spacial score (nSPS) is 15.2. The maximum Gasteiger partial charge on any atom is 0.112 e. The lowest BCUT2D eigenvalue weighted by Gasteiger charge is -2.09. The molecule has 0 saturated heterocycles. The number of anilines is 1. The Kier molecular flexibility index (Phi) is 2.62. The highest BCUT2D eigenvalue weighted by Gasteiger charge is 2.00. The van der Waals surface area contributed by atoms with Crippen molar-refractivity contribution in [1.29, 1.82) is 0 Å². The molecule has 0 atom stereocenters. The SMILES string of the molecule is C1=C(Nc2ccccc2)SCN=N1. The predicted octanol–water partition coefficient (Wildman–Crippen LogP) is 3.05. The number of para-hydroxylation sites is 1. The van der Waals surface area contributed by atoms with Crippen LogP contribution in [0.5, 0.6) is 0 Å². The van der Waals surface area contributed by atoms with Crippen molar-refractivity contribution in [3.05, 3.63) is 41.6 Å². The van der Waals surface area contributed by atoms with Gasteiger partial charge in [0, 0.05) is 5.69 Å². The summed E-state index contributed by atoms with van der Waals surface area (Å²) >= 11 is 1.65. The van der Waals surface area contributed by atoms with E-state index in [0.29, 0.717) is 5.88 Å². The maximum atomic E-state index is 3.84. The Morgan fingerprint density at radius 3 is 2.77 bits per heavy atom. The third-order valence-corrected chi connectivity index (χ3v) is 2.34. The van der Waals surface area contributed by atoms with E-state index in [2.05, 4.69) is 15.5 Å². The first-order chi connectivity index (χ1) is 6.45. The number of nitrogens with zero attached hydrogens (tertiary/aromatic N) is 2. The van der Waals surface area contributed by atoms with E-state index < -0.39 is 0 Å². The second kappa shape index (κ2) is 4.09. The van der Waals surface area contributed by atoms with Crippen molar-refractivity contribution < 1.29 is 0 Å². The van der Waals surface area contributed by atoms with Crippen LogP contribution in [-0.2, 0) is 0 Å². The fourth-order valence-electron chi connectivity index (χ4n) is 0.994. The van der Waals surface area contributed by atoms with E-state index in [9.17, 15) is 0 Å². The van der Waals surface area contributed by atoms with Crippen molar-refractivity contribution in [1.82, 2.24) is 0 Å². The van der Waals surface area contributed by atoms with Gasteiger partial charge in [0.15, 0.2) is 0 Å². The third-order valence-electron chi connectivity index (χ3n) is 1.58. The molecule has 66 valence electrons. The molecule has 1 N–H and O–H groups in total. The Hall–Kier alpha value is -1.29. The first-order valence-electron chi connectivity index (χ1n) is 3.97. The Labute approximate surface area is 81.0 Å². The number of hydrogen-bond donors (Lipinski definition) is 1. The lowest BCUT2D eigenvalue weighted by atomic mass is 10.3. The van der Waals surface area contributed by atoms with Crippen molar-refractivity contribution in [2.75, 3.05) is 11.2 Å². The molecule has 0 fully saturated rings. The summed E-state index contributed by atoms with van der Waals surface area (Å²) in [5, 5.41) is 12.0. The lowest BCUT2D eigenvalue weighted by molar-refractivity contribution is 1.11. The summed E-state index contributed by atoms with van der Waals surface area (Å²) in [7, 11) is 0. The molecule has 1 aromatic carbocycles. The van der Waals surface area contributed by atoms with Crippen LogP contribution in [0.3, 0.4) is 0 Å². The fraction of sp³-hybridized carbons (Fsp3) is 0.111. The summed E-state index contributed by atoms with van der Waals surface area (Å²) in [6.07, 6.45) is 1.74. The van der Waals surface area contributed by atoms with Gasteiger partial charge in [-0.2, -0.15) is 10.2 Å². The standard InChI is InChI=1S/C9H9N3S/c1-2-4-8(5-3-1)12-9-6-10-11-7-13-9/h1-6,12H,7H2. The number of nitrogens with one attached hydrogen (secondary N) is 1. The smallest absolute Gasteiger partial charge is 0.112 e. The molecule has 13 heavy (non-hydrogen) atoms. The molecule has 0 amide bonds. The average molecular weight is 191 g/mol. The number of thioether (sulfide) groups is 1. The molecule has 1 aliphatic heterocycles. The van der Waals surface area contributed by atoms with Gasteiger partial charge in [-0.05, 0) is 12.1 Å². The first-order valence-corrected chi connectivity index (χ1v) is 4.95. The van der Waals surface area contributed by atoms with E-state index in [-0.39, 0.29) is 0 Å². The third kappa shape index (κ3) is 2.32.